The lowest BCUT2D eigenvalue weighted by Gasteiger charge is -2.32. The van der Waals surface area contributed by atoms with Gasteiger partial charge in [0, 0.05) is 45.8 Å². The Labute approximate surface area is 106 Å². The highest BCUT2D eigenvalue weighted by atomic mass is 15.2. The van der Waals surface area contributed by atoms with E-state index in [2.05, 4.69) is 34.1 Å². The van der Waals surface area contributed by atoms with Crippen molar-refractivity contribution in [3.05, 3.63) is 0 Å². The smallest absolute Gasteiger partial charge is 0.0110 e. The summed E-state index contributed by atoms with van der Waals surface area (Å²) < 4.78 is 0. The van der Waals surface area contributed by atoms with Crippen molar-refractivity contribution < 1.29 is 0 Å². The van der Waals surface area contributed by atoms with Crippen molar-refractivity contribution in [3.63, 3.8) is 0 Å². The van der Waals surface area contributed by atoms with Crippen LogP contribution in [0.25, 0.3) is 0 Å². The number of likely N-dealkylation sites (N-methyl/N-ethyl adjacent to an activating group) is 1. The van der Waals surface area contributed by atoms with Gasteiger partial charge in [-0.05, 0) is 39.5 Å². The van der Waals surface area contributed by atoms with Crippen LogP contribution in [0.4, 0.5) is 0 Å². The molecule has 4 heteroatoms. The summed E-state index contributed by atoms with van der Waals surface area (Å²) in [6, 6.07) is 0. The molecule has 17 heavy (non-hydrogen) atoms. The number of nitrogens with zero attached hydrogens (tertiary/aromatic N) is 3. The van der Waals surface area contributed by atoms with E-state index in [4.69, 9.17) is 0 Å². The van der Waals surface area contributed by atoms with Gasteiger partial charge in [0.1, 0.15) is 0 Å². The molecule has 2 aliphatic rings. The first-order valence-electron chi connectivity index (χ1n) is 7.04. The van der Waals surface area contributed by atoms with E-state index in [1.54, 1.807) is 0 Å². The first-order chi connectivity index (χ1) is 8.24. The quantitative estimate of drug-likeness (QED) is 0.671. The Morgan fingerprint density at radius 1 is 1.00 bits per heavy atom. The molecule has 2 saturated heterocycles. The SMILES string of the molecule is CN1CCN(CCNCC2CCN(C)C2)CC1. The van der Waals surface area contributed by atoms with Crippen molar-refractivity contribution in [3.8, 4) is 0 Å². The number of piperazine rings is 1. The summed E-state index contributed by atoms with van der Waals surface area (Å²) in [7, 11) is 4.44. The molecule has 0 aliphatic carbocycles. The lowest BCUT2D eigenvalue weighted by Crippen LogP contribution is -2.46. The van der Waals surface area contributed by atoms with E-state index < -0.39 is 0 Å². The summed E-state index contributed by atoms with van der Waals surface area (Å²) in [4.78, 5) is 7.43. The Hall–Kier alpha value is -0.160. The maximum absolute atomic E-state index is 3.62. The summed E-state index contributed by atoms with van der Waals surface area (Å²) in [5, 5.41) is 3.62. The van der Waals surface area contributed by atoms with Crippen molar-refractivity contribution in [2.45, 2.75) is 6.42 Å². The van der Waals surface area contributed by atoms with Gasteiger partial charge in [0.05, 0.1) is 0 Å². The molecule has 4 nitrogen and oxygen atoms in total. The van der Waals surface area contributed by atoms with E-state index in [1.165, 1.54) is 58.8 Å². The second-order valence-electron chi connectivity index (χ2n) is 5.77. The Morgan fingerprint density at radius 3 is 2.41 bits per heavy atom. The molecule has 0 aromatic carbocycles. The molecule has 2 rings (SSSR count). The zero-order valence-electron chi connectivity index (χ0n) is 11.5. The molecule has 100 valence electrons. The van der Waals surface area contributed by atoms with Gasteiger partial charge in [-0.3, -0.25) is 4.90 Å². The van der Waals surface area contributed by atoms with E-state index in [0.29, 0.717) is 0 Å². The molecule has 0 bridgehead atoms. The van der Waals surface area contributed by atoms with Gasteiger partial charge in [0.15, 0.2) is 0 Å². The third kappa shape index (κ3) is 4.54. The zero-order valence-corrected chi connectivity index (χ0v) is 11.5. The van der Waals surface area contributed by atoms with Gasteiger partial charge in [-0.1, -0.05) is 0 Å². The topological polar surface area (TPSA) is 21.8 Å². The minimum Gasteiger partial charge on any atom is -0.315 e. The van der Waals surface area contributed by atoms with Gasteiger partial charge < -0.3 is 15.1 Å². The van der Waals surface area contributed by atoms with Crippen LogP contribution in [0.15, 0.2) is 0 Å². The van der Waals surface area contributed by atoms with Gasteiger partial charge in [-0.15, -0.1) is 0 Å². The highest BCUT2D eigenvalue weighted by molar-refractivity contribution is 4.75. The van der Waals surface area contributed by atoms with Gasteiger partial charge in [0.25, 0.3) is 0 Å². The second kappa shape index (κ2) is 6.69. The van der Waals surface area contributed by atoms with Crippen LogP contribution in [0.2, 0.25) is 0 Å². The highest BCUT2D eigenvalue weighted by Crippen LogP contribution is 2.12. The molecule has 1 unspecified atom stereocenters. The number of nitrogens with one attached hydrogen (secondary N) is 1. The first kappa shape index (κ1) is 13.3. The molecule has 0 radical (unpaired) electrons. The van der Waals surface area contributed by atoms with Gasteiger partial charge in [-0.2, -0.15) is 0 Å². The molecule has 0 aromatic rings. The minimum absolute atomic E-state index is 0.882. The minimum atomic E-state index is 0.882. The zero-order chi connectivity index (χ0) is 12.1. The van der Waals surface area contributed by atoms with Gasteiger partial charge in [-0.25, -0.2) is 0 Å². The van der Waals surface area contributed by atoms with Crippen molar-refractivity contribution >= 4 is 0 Å². The molecule has 1 atom stereocenters. The fourth-order valence-electron chi connectivity index (χ4n) is 2.81. The number of hydrogen-bond acceptors (Lipinski definition) is 4. The van der Waals surface area contributed by atoms with Crippen molar-refractivity contribution in [2.75, 3.05) is 73.0 Å². The van der Waals surface area contributed by atoms with Crippen molar-refractivity contribution in [1.82, 2.24) is 20.0 Å². The molecule has 2 fully saturated rings. The second-order valence-corrected chi connectivity index (χ2v) is 5.77. The summed E-state index contributed by atoms with van der Waals surface area (Å²) >= 11 is 0. The van der Waals surface area contributed by atoms with E-state index in [9.17, 15) is 0 Å². The average molecular weight is 240 g/mol. The van der Waals surface area contributed by atoms with E-state index in [-0.39, 0.29) is 0 Å². The fraction of sp³-hybridized carbons (Fsp3) is 1.00. The summed E-state index contributed by atoms with van der Waals surface area (Å²) in [5.74, 6) is 0.882. The average Bonchev–Trinajstić information content (AvgIpc) is 2.73. The Morgan fingerprint density at radius 2 is 1.76 bits per heavy atom. The predicted octanol–water partition coefficient (Wildman–Crippen LogP) is -0.225. The van der Waals surface area contributed by atoms with Gasteiger partial charge >= 0.3 is 0 Å². The monoisotopic (exact) mass is 240 g/mol. The maximum Gasteiger partial charge on any atom is 0.0110 e. The number of hydrogen-bond donors (Lipinski definition) is 1. The van der Waals surface area contributed by atoms with Gasteiger partial charge in [0.2, 0.25) is 0 Å². The number of rotatable bonds is 5. The normalized spacial score (nSPS) is 28.9. The molecule has 0 amide bonds. The molecular formula is C13H28N4. The van der Waals surface area contributed by atoms with Crippen molar-refractivity contribution in [2.24, 2.45) is 5.92 Å². The fourth-order valence-corrected chi connectivity index (χ4v) is 2.81. The highest BCUT2D eigenvalue weighted by Gasteiger charge is 2.18. The summed E-state index contributed by atoms with van der Waals surface area (Å²) in [6.07, 6.45) is 1.37. The Bertz CT molecular complexity index is 213. The molecule has 1 N–H and O–H groups in total. The van der Waals surface area contributed by atoms with Crippen LogP contribution >= 0.6 is 0 Å². The standard InChI is InChI=1S/C13H28N4/c1-15-7-9-17(10-8-15)6-4-14-11-13-3-5-16(2)12-13/h13-14H,3-12H2,1-2H3. The Balaban J connectivity index is 1.49. The molecule has 2 aliphatic heterocycles. The number of likely N-dealkylation sites (tertiary alicyclic amines) is 1. The summed E-state index contributed by atoms with van der Waals surface area (Å²) in [6.45, 7) is 11.1. The first-order valence-corrected chi connectivity index (χ1v) is 7.04. The summed E-state index contributed by atoms with van der Waals surface area (Å²) in [5.41, 5.74) is 0. The van der Waals surface area contributed by atoms with Crippen LogP contribution in [0, 0.1) is 5.92 Å². The molecule has 0 spiro atoms. The largest absolute Gasteiger partial charge is 0.315 e. The van der Waals surface area contributed by atoms with Crippen LogP contribution in [0.1, 0.15) is 6.42 Å². The lowest BCUT2D eigenvalue weighted by molar-refractivity contribution is 0.154. The lowest BCUT2D eigenvalue weighted by atomic mass is 10.1. The molecule has 0 saturated carbocycles. The maximum atomic E-state index is 3.62. The van der Waals surface area contributed by atoms with E-state index >= 15 is 0 Å². The van der Waals surface area contributed by atoms with Crippen molar-refractivity contribution in [1.29, 1.82) is 0 Å². The molecule has 0 aromatic heterocycles. The molecular weight excluding hydrogens is 212 g/mol. The Kier molecular flexibility index (Phi) is 5.22. The van der Waals surface area contributed by atoms with Crippen LogP contribution in [0.5, 0.6) is 0 Å². The van der Waals surface area contributed by atoms with Crippen LogP contribution in [0.3, 0.4) is 0 Å². The van der Waals surface area contributed by atoms with E-state index in [0.717, 1.165) is 12.5 Å². The van der Waals surface area contributed by atoms with E-state index in [1.807, 2.05) is 0 Å². The third-order valence-electron chi connectivity index (χ3n) is 4.12. The van der Waals surface area contributed by atoms with Crippen LogP contribution in [-0.4, -0.2) is 87.7 Å². The van der Waals surface area contributed by atoms with Crippen LogP contribution < -0.4 is 5.32 Å². The third-order valence-corrected chi connectivity index (χ3v) is 4.12. The van der Waals surface area contributed by atoms with Crippen LogP contribution in [-0.2, 0) is 0 Å². The molecule has 2 heterocycles. The predicted molar refractivity (Wildman–Crippen MR) is 72.4 cm³/mol.